The summed E-state index contributed by atoms with van der Waals surface area (Å²) >= 11 is 3.12. The van der Waals surface area contributed by atoms with Gasteiger partial charge in [0, 0.05) is 17.6 Å². The Hall–Kier alpha value is -1.15. The largest absolute Gasteiger partial charge is 0.481 e. The zero-order chi connectivity index (χ0) is 14.6. The van der Waals surface area contributed by atoms with Gasteiger partial charge in [-0.15, -0.1) is 0 Å². The van der Waals surface area contributed by atoms with Crippen LogP contribution in [0.1, 0.15) is 5.56 Å². The van der Waals surface area contributed by atoms with E-state index in [1.807, 2.05) is 0 Å². The molecule has 0 radical (unpaired) electrons. The van der Waals surface area contributed by atoms with Gasteiger partial charge < -0.3 is 10.4 Å². The highest BCUT2D eigenvalue weighted by atomic mass is 79.9. The number of rotatable bonds is 5. The van der Waals surface area contributed by atoms with Crippen LogP contribution < -0.4 is 5.32 Å². The Morgan fingerprint density at radius 2 is 2.05 bits per heavy atom. The number of benzene rings is 1. The van der Waals surface area contributed by atoms with Gasteiger partial charge in [0.25, 0.3) is 0 Å². The molecule has 19 heavy (non-hydrogen) atoms. The van der Waals surface area contributed by atoms with E-state index in [1.54, 1.807) is 0 Å². The van der Waals surface area contributed by atoms with E-state index in [2.05, 4.69) is 21.2 Å². The van der Waals surface area contributed by atoms with Crippen molar-refractivity contribution in [2.45, 2.75) is 12.7 Å². The zero-order valence-electron chi connectivity index (χ0n) is 9.47. The van der Waals surface area contributed by atoms with E-state index in [1.165, 1.54) is 12.1 Å². The Morgan fingerprint density at radius 3 is 2.58 bits per heavy atom. The molecular weight excluding hydrogens is 334 g/mol. The number of nitrogens with one attached hydrogen (secondary N) is 1. The number of hydrogen-bond acceptors (Lipinski definition) is 2. The summed E-state index contributed by atoms with van der Waals surface area (Å²) in [6.07, 6.45) is -4.82. The topological polar surface area (TPSA) is 49.3 Å². The van der Waals surface area contributed by atoms with E-state index in [4.69, 9.17) is 5.11 Å². The minimum Gasteiger partial charge on any atom is -0.481 e. The summed E-state index contributed by atoms with van der Waals surface area (Å²) in [5, 5.41) is 10.8. The smallest absolute Gasteiger partial charge is 0.403 e. The highest BCUT2D eigenvalue weighted by molar-refractivity contribution is 9.10. The van der Waals surface area contributed by atoms with Crippen LogP contribution in [0.25, 0.3) is 0 Å². The van der Waals surface area contributed by atoms with Gasteiger partial charge in [-0.25, -0.2) is 4.39 Å². The van der Waals surface area contributed by atoms with E-state index in [0.717, 1.165) is 6.07 Å². The molecule has 3 nitrogen and oxygen atoms in total. The molecule has 0 spiro atoms. The van der Waals surface area contributed by atoms with Crippen molar-refractivity contribution in [2.24, 2.45) is 5.92 Å². The van der Waals surface area contributed by atoms with Crippen molar-refractivity contribution < 1.29 is 27.5 Å². The van der Waals surface area contributed by atoms with Crippen LogP contribution in [-0.4, -0.2) is 23.8 Å². The maximum Gasteiger partial charge on any atom is 0.403 e. The second kappa shape index (κ2) is 6.33. The van der Waals surface area contributed by atoms with E-state index in [-0.39, 0.29) is 6.54 Å². The molecule has 8 heteroatoms. The summed E-state index contributed by atoms with van der Waals surface area (Å²) < 4.78 is 50.5. The molecule has 1 aromatic carbocycles. The number of halogens is 5. The van der Waals surface area contributed by atoms with Crippen molar-refractivity contribution in [3.05, 3.63) is 34.1 Å². The maximum absolute atomic E-state index is 12.9. The van der Waals surface area contributed by atoms with Crippen molar-refractivity contribution in [1.82, 2.24) is 5.32 Å². The molecular formula is C11H10BrF4NO2. The lowest BCUT2D eigenvalue weighted by molar-refractivity contribution is -0.192. The van der Waals surface area contributed by atoms with Crippen LogP contribution in [0.15, 0.2) is 22.7 Å². The fourth-order valence-electron chi connectivity index (χ4n) is 1.37. The first-order chi connectivity index (χ1) is 8.71. The van der Waals surface area contributed by atoms with Crippen LogP contribution in [0.2, 0.25) is 0 Å². The molecule has 0 saturated heterocycles. The Balaban J connectivity index is 2.62. The number of aliphatic carboxylic acids is 1. The third-order valence-electron chi connectivity index (χ3n) is 2.36. The van der Waals surface area contributed by atoms with Crippen LogP contribution in [0.5, 0.6) is 0 Å². The van der Waals surface area contributed by atoms with Crippen LogP contribution in [0, 0.1) is 11.7 Å². The van der Waals surface area contributed by atoms with Gasteiger partial charge in [-0.2, -0.15) is 13.2 Å². The quantitative estimate of drug-likeness (QED) is 0.808. The van der Waals surface area contributed by atoms with Gasteiger partial charge in [0.2, 0.25) is 0 Å². The third kappa shape index (κ3) is 4.79. The van der Waals surface area contributed by atoms with Gasteiger partial charge >= 0.3 is 12.1 Å². The van der Waals surface area contributed by atoms with Crippen molar-refractivity contribution in [3.8, 4) is 0 Å². The lowest BCUT2D eigenvalue weighted by Crippen LogP contribution is -2.38. The fourth-order valence-corrected chi connectivity index (χ4v) is 1.76. The standard InChI is InChI=1S/C11H10BrF4NO2/c12-9-2-1-7(13)3-6(9)4-17-5-8(10(18)19)11(14,15)16/h1-3,8,17H,4-5H2,(H,18,19). The second-order valence-electron chi connectivity index (χ2n) is 3.80. The molecule has 106 valence electrons. The molecule has 2 N–H and O–H groups in total. The van der Waals surface area contributed by atoms with E-state index >= 15 is 0 Å². The molecule has 0 aliphatic carbocycles. The molecule has 0 aliphatic rings. The number of alkyl halides is 3. The Labute approximate surface area is 114 Å². The van der Waals surface area contributed by atoms with Gasteiger partial charge in [-0.1, -0.05) is 15.9 Å². The highest BCUT2D eigenvalue weighted by Crippen LogP contribution is 2.26. The first-order valence-electron chi connectivity index (χ1n) is 5.16. The number of carboxylic acid groups (broad SMARTS) is 1. The number of carboxylic acids is 1. The Morgan fingerprint density at radius 1 is 1.42 bits per heavy atom. The predicted octanol–water partition coefficient (Wildman–Crippen LogP) is 2.94. The van der Waals surface area contributed by atoms with Crippen LogP contribution >= 0.6 is 15.9 Å². The monoisotopic (exact) mass is 343 g/mol. The second-order valence-corrected chi connectivity index (χ2v) is 4.65. The van der Waals surface area contributed by atoms with Gasteiger partial charge in [-0.3, -0.25) is 4.79 Å². The average molecular weight is 344 g/mol. The van der Waals surface area contributed by atoms with Crippen molar-refractivity contribution in [1.29, 1.82) is 0 Å². The van der Waals surface area contributed by atoms with Crippen molar-refractivity contribution >= 4 is 21.9 Å². The third-order valence-corrected chi connectivity index (χ3v) is 3.14. The maximum atomic E-state index is 12.9. The van der Waals surface area contributed by atoms with Gasteiger partial charge in [0.05, 0.1) is 0 Å². The first-order valence-corrected chi connectivity index (χ1v) is 5.95. The molecule has 0 heterocycles. The van der Waals surface area contributed by atoms with Crippen molar-refractivity contribution in [3.63, 3.8) is 0 Å². The molecule has 0 bridgehead atoms. The molecule has 0 aromatic heterocycles. The molecule has 1 rings (SSSR count). The Bertz CT molecular complexity index is 464. The zero-order valence-corrected chi connectivity index (χ0v) is 11.1. The van der Waals surface area contributed by atoms with E-state index in [0.29, 0.717) is 10.0 Å². The number of carbonyl (C=O) groups is 1. The van der Waals surface area contributed by atoms with E-state index in [9.17, 15) is 22.4 Å². The molecule has 0 fully saturated rings. The minimum absolute atomic E-state index is 0.0712. The summed E-state index contributed by atoms with van der Waals surface area (Å²) in [7, 11) is 0. The van der Waals surface area contributed by atoms with Crippen LogP contribution in [0.3, 0.4) is 0 Å². The molecule has 0 aliphatic heterocycles. The summed E-state index contributed by atoms with van der Waals surface area (Å²) in [6.45, 7) is -0.847. The number of hydrogen-bond donors (Lipinski definition) is 2. The predicted molar refractivity (Wildman–Crippen MR) is 63.0 cm³/mol. The summed E-state index contributed by atoms with van der Waals surface area (Å²) in [5.74, 6) is -4.95. The average Bonchev–Trinajstić information content (AvgIpc) is 2.26. The SMILES string of the molecule is O=C(O)C(CNCc1cc(F)ccc1Br)C(F)(F)F. The van der Waals surface area contributed by atoms with Gasteiger partial charge in [0.1, 0.15) is 5.82 Å². The molecule has 1 aromatic rings. The summed E-state index contributed by atoms with van der Waals surface area (Å²) in [4.78, 5) is 10.5. The van der Waals surface area contributed by atoms with Gasteiger partial charge in [-0.05, 0) is 23.8 Å². The molecule has 1 unspecified atom stereocenters. The summed E-state index contributed by atoms with van der Waals surface area (Å²) in [5.41, 5.74) is 0.409. The fraction of sp³-hybridized carbons (Fsp3) is 0.364. The molecule has 0 saturated carbocycles. The highest BCUT2D eigenvalue weighted by Gasteiger charge is 2.44. The van der Waals surface area contributed by atoms with E-state index < -0.39 is 30.4 Å². The minimum atomic E-state index is -4.82. The lowest BCUT2D eigenvalue weighted by Gasteiger charge is -2.16. The normalized spacial score (nSPS) is 13.3. The van der Waals surface area contributed by atoms with Crippen LogP contribution in [-0.2, 0) is 11.3 Å². The summed E-state index contributed by atoms with van der Waals surface area (Å²) in [6, 6.07) is 3.77. The molecule has 0 amide bonds. The van der Waals surface area contributed by atoms with Gasteiger partial charge in [0.15, 0.2) is 5.92 Å². The lowest BCUT2D eigenvalue weighted by atomic mass is 10.1. The van der Waals surface area contributed by atoms with Crippen LogP contribution in [0.4, 0.5) is 17.6 Å². The first kappa shape index (κ1) is 15.9. The molecule has 1 atom stereocenters. The van der Waals surface area contributed by atoms with Crippen molar-refractivity contribution in [2.75, 3.05) is 6.54 Å². The Kier molecular flexibility index (Phi) is 5.30.